The number of nitrogens with one attached hydrogen (secondary N) is 1. The Morgan fingerprint density at radius 1 is 0.475 bits per heavy atom. The molecule has 0 aromatic heterocycles. The van der Waals surface area contributed by atoms with E-state index in [1.807, 2.05) is 7.05 Å². The normalized spacial score (nSPS) is 15.7. The summed E-state index contributed by atoms with van der Waals surface area (Å²) in [5.41, 5.74) is 14.4. The van der Waals surface area contributed by atoms with Crippen molar-refractivity contribution in [2.45, 2.75) is 156 Å². The fourth-order valence-corrected chi connectivity index (χ4v) is 9.23. The SMILES string of the molecule is CNC(C)(C)c1cccc(N(c2cc(Cl)cc(N(c3ccc(C(C)(C)C)c(C(C)(C)C)c3)c3ccc4c(c3)C(C)(C)CCCC4(C)C)c2)c2cccc(C(C)(C)C)c2)c1. The molecule has 1 aliphatic carbocycles. The van der Waals surface area contributed by atoms with Gasteiger partial charge in [0.1, 0.15) is 0 Å². The number of halogens is 1. The first-order valence-electron chi connectivity index (χ1n) is 21.8. The largest absolute Gasteiger partial charge is 0.311 e. The Morgan fingerprint density at radius 3 is 1.47 bits per heavy atom. The molecule has 0 spiro atoms. The summed E-state index contributed by atoms with van der Waals surface area (Å²) in [4.78, 5) is 4.83. The monoisotopic (exact) mass is 810 g/mol. The molecule has 0 amide bonds. The van der Waals surface area contributed by atoms with Crippen LogP contribution in [0.4, 0.5) is 34.1 Å². The van der Waals surface area contributed by atoms with Crippen LogP contribution < -0.4 is 15.1 Å². The molecule has 59 heavy (non-hydrogen) atoms. The number of nitrogens with zero attached hydrogens (tertiary/aromatic N) is 2. The maximum Gasteiger partial charge on any atom is 0.0497 e. The van der Waals surface area contributed by atoms with Crippen LogP contribution >= 0.6 is 11.6 Å². The fraction of sp³-hybridized carbons (Fsp3) is 0.455. The highest BCUT2D eigenvalue weighted by molar-refractivity contribution is 6.31. The van der Waals surface area contributed by atoms with Gasteiger partial charge in [-0.3, -0.25) is 0 Å². The van der Waals surface area contributed by atoms with Crippen molar-refractivity contribution in [1.82, 2.24) is 5.32 Å². The van der Waals surface area contributed by atoms with Crippen molar-refractivity contribution in [3.8, 4) is 0 Å². The standard InChI is InChI=1S/C55H72ClN3/c1-50(2,3)37-20-17-22-40(30-37)58(41-23-18-21-38(31-41)55(14,15)57-16)44-32-39(56)33-45(34-44)59(42-24-26-46(51(4,5)6)48(35-42)52(7,8)9)43-25-27-47-49(36-43)54(12,13)29-19-28-53(47,10)11/h17-18,20-27,30-36,57H,19,28-29H2,1-16H3. The zero-order valence-corrected chi connectivity index (χ0v) is 40.0. The first kappa shape index (κ1) is 44.5. The summed E-state index contributed by atoms with van der Waals surface area (Å²) in [6.45, 7) is 35.0. The summed E-state index contributed by atoms with van der Waals surface area (Å²) in [5, 5.41) is 4.20. The molecule has 0 heterocycles. The van der Waals surface area contributed by atoms with Gasteiger partial charge >= 0.3 is 0 Å². The molecule has 0 radical (unpaired) electrons. The van der Waals surface area contributed by atoms with Crippen LogP contribution in [0, 0.1) is 0 Å². The lowest BCUT2D eigenvalue weighted by Crippen LogP contribution is -2.33. The molecule has 0 fully saturated rings. The molecular weight excluding hydrogens is 738 g/mol. The van der Waals surface area contributed by atoms with Crippen LogP contribution in [-0.2, 0) is 32.6 Å². The Balaban J connectivity index is 1.67. The van der Waals surface area contributed by atoms with Crippen molar-refractivity contribution >= 4 is 45.7 Å². The van der Waals surface area contributed by atoms with E-state index >= 15 is 0 Å². The molecule has 0 atom stereocenters. The number of hydrogen-bond donors (Lipinski definition) is 1. The van der Waals surface area contributed by atoms with Gasteiger partial charge < -0.3 is 15.1 Å². The van der Waals surface area contributed by atoms with Gasteiger partial charge in [-0.25, -0.2) is 0 Å². The van der Waals surface area contributed by atoms with Gasteiger partial charge in [0.25, 0.3) is 0 Å². The zero-order chi connectivity index (χ0) is 43.5. The molecular formula is C55H72ClN3. The summed E-state index contributed by atoms with van der Waals surface area (Å²) in [7, 11) is 2.03. The van der Waals surface area contributed by atoms with E-state index in [1.54, 1.807) is 0 Å². The molecule has 3 nitrogen and oxygen atoms in total. The van der Waals surface area contributed by atoms with Crippen LogP contribution in [0.3, 0.4) is 0 Å². The lowest BCUT2D eigenvalue weighted by atomic mass is 9.74. The van der Waals surface area contributed by atoms with Gasteiger partial charge in [0.15, 0.2) is 0 Å². The Morgan fingerprint density at radius 2 is 0.949 bits per heavy atom. The molecule has 0 saturated carbocycles. The van der Waals surface area contributed by atoms with Crippen LogP contribution in [0.1, 0.15) is 156 Å². The average Bonchev–Trinajstić information content (AvgIpc) is 3.22. The summed E-state index contributed by atoms with van der Waals surface area (Å²) < 4.78 is 0. The van der Waals surface area contributed by atoms with Gasteiger partial charge in [0, 0.05) is 44.7 Å². The minimum absolute atomic E-state index is 0.00658. The summed E-state index contributed by atoms with van der Waals surface area (Å²) in [6, 6.07) is 38.9. The number of hydrogen-bond acceptors (Lipinski definition) is 3. The summed E-state index contributed by atoms with van der Waals surface area (Å²) >= 11 is 7.36. The molecule has 4 heteroatoms. The molecule has 0 saturated heterocycles. The second-order valence-electron chi connectivity index (χ2n) is 22.1. The van der Waals surface area contributed by atoms with Gasteiger partial charge in [-0.05, 0) is 161 Å². The van der Waals surface area contributed by atoms with Crippen molar-refractivity contribution < 1.29 is 0 Å². The number of fused-ring (bicyclic) bond motifs is 1. The number of benzene rings is 5. The molecule has 6 rings (SSSR count). The fourth-order valence-electron chi connectivity index (χ4n) is 9.01. The third-order valence-corrected chi connectivity index (χ3v) is 13.2. The topological polar surface area (TPSA) is 18.5 Å². The molecule has 1 aliphatic rings. The second kappa shape index (κ2) is 15.8. The maximum atomic E-state index is 7.36. The smallest absolute Gasteiger partial charge is 0.0497 e. The van der Waals surface area contributed by atoms with Gasteiger partial charge in [-0.15, -0.1) is 0 Å². The van der Waals surface area contributed by atoms with Crippen LogP contribution in [0.15, 0.2) is 103 Å². The minimum atomic E-state index is -0.219. The van der Waals surface area contributed by atoms with E-state index in [9.17, 15) is 0 Å². The van der Waals surface area contributed by atoms with Crippen molar-refractivity contribution in [2.24, 2.45) is 0 Å². The summed E-state index contributed by atoms with van der Waals surface area (Å²) in [6.07, 6.45) is 3.56. The van der Waals surface area contributed by atoms with E-state index in [2.05, 4.69) is 222 Å². The van der Waals surface area contributed by atoms with Crippen LogP contribution in [0.5, 0.6) is 0 Å². The Kier molecular flexibility index (Phi) is 11.9. The second-order valence-corrected chi connectivity index (χ2v) is 22.6. The Labute approximate surface area is 363 Å². The van der Waals surface area contributed by atoms with E-state index in [1.165, 1.54) is 46.2 Å². The van der Waals surface area contributed by atoms with Crippen LogP contribution in [0.25, 0.3) is 0 Å². The van der Waals surface area contributed by atoms with Crippen LogP contribution in [0.2, 0.25) is 5.02 Å². The third-order valence-electron chi connectivity index (χ3n) is 13.0. The summed E-state index contributed by atoms with van der Waals surface area (Å²) in [5.74, 6) is 0. The molecule has 0 bridgehead atoms. The molecule has 5 aromatic carbocycles. The minimum Gasteiger partial charge on any atom is -0.311 e. The molecule has 5 aromatic rings. The number of rotatable bonds is 8. The van der Waals surface area contributed by atoms with Gasteiger partial charge in [0.05, 0.1) is 0 Å². The highest BCUT2D eigenvalue weighted by atomic mass is 35.5. The predicted octanol–water partition coefficient (Wildman–Crippen LogP) is 16.4. The molecule has 0 unspecified atom stereocenters. The Hall–Kier alpha value is -4.05. The predicted molar refractivity (Wildman–Crippen MR) is 259 cm³/mol. The molecule has 314 valence electrons. The van der Waals surface area contributed by atoms with Gasteiger partial charge in [-0.2, -0.15) is 0 Å². The van der Waals surface area contributed by atoms with Crippen molar-refractivity contribution in [2.75, 3.05) is 16.8 Å². The first-order chi connectivity index (χ1) is 27.2. The molecule has 1 N–H and O–H groups in total. The number of anilines is 6. The van der Waals surface area contributed by atoms with E-state index in [0.29, 0.717) is 5.02 Å². The van der Waals surface area contributed by atoms with Crippen molar-refractivity contribution in [1.29, 1.82) is 0 Å². The van der Waals surface area contributed by atoms with E-state index in [0.717, 1.165) is 40.5 Å². The lowest BCUT2D eigenvalue weighted by Gasteiger charge is -2.35. The maximum absolute atomic E-state index is 7.36. The van der Waals surface area contributed by atoms with E-state index < -0.39 is 0 Å². The zero-order valence-electron chi connectivity index (χ0n) is 39.2. The van der Waals surface area contributed by atoms with Crippen molar-refractivity contribution in [3.63, 3.8) is 0 Å². The van der Waals surface area contributed by atoms with E-state index in [4.69, 9.17) is 11.6 Å². The first-order valence-corrected chi connectivity index (χ1v) is 22.2. The van der Waals surface area contributed by atoms with Gasteiger partial charge in [-0.1, -0.05) is 144 Å². The van der Waals surface area contributed by atoms with Crippen LogP contribution in [-0.4, -0.2) is 7.05 Å². The quantitative estimate of drug-likeness (QED) is 0.158. The van der Waals surface area contributed by atoms with Gasteiger partial charge in [0.2, 0.25) is 0 Å². The van der Waals surface area contributed by atoms with Crippen molar-refractivity contribution in [3.05, 3.63) is 142 Å². The average molecular weight is 811 g/mol. The molecule has 0 aliphatic heterocycles. The Bertz CT molecular complexity index is 2310. The lowest BCUT2D eigenvalue weighted by molar-refractivity contribution is 0.433. The highest BCUT2D eigenvalue weighted by Crippen LogP contribution is 2.49. The third kappa shape index (κ3) is 9.33. The highest BCUT2D eigenvalue weighted by Gasteiger charge is 2.35. The van der Waals surface area contributed by atoms with E-state index in [-0.39, 0.29) is 32.6 Å².